The number of nitrogens with zero attached hydrogens (tertiary/aromatic N) is 3. The van der Waals surface area contributed by atoms with E-state index in [1.165, 1.54) is 38.5 Å². The molecule has 5 aliphatic rings. The number of Topliss-reactive ketones (excluding diaryl/α,β-unsaturated/α-hetero) is 1. The molecule has 5 heteroatoms. The van der Waals surface area contributed by atoms with Crippen molar-refractivity contribution in [3.8, 4) is 6.07 Å². The summed E-state index contributed by atoms with van der Waals surface area (Å²) in [5.41, 5.74) is 0.489. The van der Waals surface area contributed by atoms with Crippen LogP contribution in [-0.2, 0) is 11.3 Å². The Morgan fingerprint density at radius 1 is 1.12 bits per heavy atom. The maximum absolute atomic E-state index is 13.6. The third-order valence-corrected chi connectivity index (χ3v) is 11.0. The van der Waals surface area contributed by atoms with Crippen LogP contribution in [-0.4, -0.2) is 26.3 Å². The topological polar surface area (TPSA) is 78.9 Å². The van der Waals surface area contributed by atoms with Crippen LogP contribution in [0.15, 0.2) is 12.4 Å². The first kappa shape index (κ1) is 20.9. The summed E-state index contributed by atoms with van der Waals surface area (Å²) in [6, 6.07) is 2.11. The molecule has 1 N–H and O–H groups in total. The van der Waals surface area contributed by atoms with E-state index in [0.29, 0.717) is 41.1 Å². The molecule has 32 heavy (non-hydrogen) atoms. The van der Waals surface area contributed by atoms with Crippen LogP contribution in [0.2, 0.25) is 0 Å². The average Bonchev–Trinajstić information content (AvgIpc) is 3.10. The van der Waals surface area contributed by atoms with Gasteiger partial charge in [0.15, 0.2) is 5.78 Å². The summed E-state index contributed by atoms with van der Waals surface area (Å²) in [6.45, 7) is 7.26. The summed E-state index contributed by atoms with van der Waals surface area (Å²) in [6.07, 6.45) is 12.6. The second-order valence-electron chi connectivity index (χ2n) is 12.9. The second-order valence-corrected chi connectivity index (χ2v) is 12.9. The van der Waals surface area contributed by atoms with Gasteiger partial charge in [-0.2, -0.15) is 10.4 Å². The van der Waals surface area contributed by atoms with Gasteiger partial charge in [0.25, 0.3) is 0 Å². The van der Waals surface area contributed by atoms with Crippen LogP contribution < -0.4 is 0 Å². The minimum atomic E-state index is -0.465. The molecule has 1 heterocycles. The number of rotatable bonds is 3. The van der Waals surface area contributed by atoms with Gasteiger partial charge < -0.3 is 5.11 Å². The zero-order valence-corrected chi connectivity index (χ0v) is 19.8. The van der Waals surface area contributed by atoms with Gasteiger partial charge in [-0.05, 0) is 105 Å². The molecule has 0 aliphatic heterocycles. The predicted molar refractivity (Wildman–Crippen MR) is 120 cm³/mol. The molecule has 0 radical (unpaired) electrons. The quantitative estimate of drug-likeness (QED) is 0.753. The van der Waals surface area contributed by atoms with Gasteiger partial charge in [0, 0.05) is 12.1 Å². The van der Waals surface area contributed by atoms with E-state index >= 15 is 0 Å². The van der Waals surface area contributed by atoms with Crippen LogP contribution in [0.4, 0.5) is 0 Å². The first-order valence-corrected chi connectivity index (χ1v) is 12.8. The van der Waals surface area contributed by atoms with Crippen molar-refractivity contribution in [2.45, 2.75) is 84.3 Å². The smallest absolute Gasteiger partial charge is 0.158 e. The molecule has 5 nitrogen and oxygen atoms in total. The highest BCUT2D eigenvalue weighted by Crippen LogP contribution is 2.80. The Bertz CT molecular complexity index is 991. The number of nitriles is 1. The summed E-state index contributed by atoms with van der Waals surface area (Å²) in [7, 11) is 0. The predicted octanol–water partition coefficient (Wildman–Crippen LogP) is 4.59. The van der Waals surface area contributed by atoms with Crippen LogP contribution in [0.3, 0.4) is 0 Å². The van der Waals surface area contributed by atoms with Gasteiger partial charge in [0.2, 0.25) is 0 Å². The number of carbonyl (C=O) groups is 1. The number of hydrogen-bond acceptors (Lipinski definition) is 4. The molecule has 0 unspecified atom stereocenters. The van der Waals surface area contributed by atoms with Gasteiger partial charge in [-0.3, -0.25) is 9.48 Å². The molecule has 1 aromatic heterocycles. The number of ketones is 1. The van der Waals surface area contributed by atoms with Crippen molar-refractivity contribution in [1.82, 2.24) is 9.78 Å². The van der Waals surface area contributed by atoms with Gasteiger partial charge in [-0.1, -0.05) is 13.8 Å². The van der Waals surface area contributed by atoms with E-state index in [0.717, 1.165) is 30.6 Å². The molecule has 0 aromatic carbocycles. The number of carbonyl (C=O) groups excluding carboxylic acids is 1. The fourth-order valence-electron chi connectivity index (χ4n) is 9.99. The third kappa shape index (κ3) is 2.84. The van der Waals surface area contributed by atoms with Crippen molar-refractivity contribution < 1.29 is 9.90 Å². The minimum Gasteiger partial charge on any atom is -0.390 e. The van der Waals surface area contributed by atoms with Crippen molar-refractivity contribution in [2.75, 3.05) is 0 Å². The molecular formula is C27H37N3O2. The maximum Gasteiger partial charge on any atom is 0.158 e. The summed E-state index contributed by atoms with van der Waals surface area (Å²) >= 11 is 0. The Morgan fingerprint density at radius 3 is 2.66 bits per heavy atom. The van der Waals surface area contributed by atoms with Gasteiger partial charge in [-0.25, -0.2) is 0 Å². The highest BCUT2D eigenvalue weighted by molar-refractivity contribution is 5.83. The fraction of sp³-hybridized carbons (Fsp3) is 0.815. The number of hydrogen-bond donors (Lipinski definition) is 1. The summed E-state index contributed by atoms with van der Waals surface area (Å²) < 4.78 is 1.67. The zero-order chi connectivity index (χ0) is 22.5. The molecule has 5 fully saturated rings. The monoisotopic (exact) mass is 435 g/mol. The van der Waals surface area contributed by atoms with E-state index < -0.39 is 5.60 Å². The molecule has 172 valence electrons. The van der Waals surface area contributed by atoms with Crippen LogP contribution in [0, 0.1) is 63.6 Å². The molecule has 5 saturated carbocycles. The van der Waals surface area contributed by atoms with Crippen molar-refractivity contribution in [3.05, 3.63) is 18.0 Å². The number of aromatic nitrogens is 2. The van der Waals surface area contributed by atoms with Crippen LogP contribution in [0.5, 0.6) is 0 Å². The second kappa shape index (κ2) is 6.69. The van der Waals surface area contributed by atoms with E-state index in [2.05, 4.69) is 25.0 Å². The molecule has 5 aliphatic carbocycles. The van der Waals surface area contributed by atoms with Crippen molar-refractivity contribution >= 4 is 5.78 Å². The van der Waals surface area contributed by atoms with Crippen molar-refractivity contribution in [2.24, 2.45) is 52.3 Å². The number of fused-ring (bicyclic) bond motifs is 7. The fourth-order valence-corrected chi connectivity index (χ4v) is 9.99. The van der Waals surface area contributed by atoms with E-state index in [1.54, 1.807) is 17.1 Å². The maximum atomic E-state index is 13.6. The highest BCUT2D eigenvalue weighted by Gasteiger charge is 2.76. The molecule has 1 aromatic rings. The molecule has 10 atom stereocenters. The first-order chi connectivity index (χ1) is 15.2. The van der Waals surface area contributed by atoms with Crippen LogP contribution >= 0.6 is 0 Å². The molecule has 0 spiro atoms. The number of aliphatic hydroxyl groups is 1. The van der Waals surface area contributed by atoms with E-state index in [4.69, 9.17) is 5.26 Å². The molecular weight excluding hydrogens is 398 g/mol. The zero-order valence-electron chi connectivity index (χ0n) is 19.8. The summed E-state index contributed by atoms with van der Waals surface area (Å²) in [4.78, 5) is 13.6. The SMILES string of the molecule is C[C@@]1(O)CC[C@H]2[C@H](CC[C@@H]3[C@@H]2CC[C@@]2(C)[C@H]3[C@]3(C)C[C@@H]3[C@@H]2C(=O)Cn2cc(C#N)cn2)C1. The standard InChI is InChI=1S/C27H37N3O2/c1-25(32)8-6-18-17(10-25)4-5-20-19(18)7-9-26(2)23(21-11-27(21,3)24(20)26)22(31)15-30-14-16(12-28)13-29-30/h13-14,17-21,23-24,32H,4-11,15H2,1-3H3/t17-,18+,19-,20-,21-,23-,24+,25-,26-,27-/m1/s1. The largest absolute Gasteiger partial charge is 0.390 e. The van der Waals surface area contributed by atoms with Gasteiger partial charge in [0.1, 0.15) is 6.07 Å². The molecule has 0 saturated heterocycles. The lowest BCUT2D eigenvalue weighted by Crippen LogP contribution is -2.53. The van der Waals surface area contributed by atoms with E-state index in [9.17, 15) is 9.90 Å². The van der Waals surface area contributed by atoms with Crippen LogP contribution in [0.1, 0.15) is 77.7 Å². The molecule has 6 rings (SSSR count). The highest BCUT2D eigenvalue weighted by atomic mass is 16.3. The lowest BCUT2D eigenvalue weighted by atomic mass is 9.46. The molecule has 0 bridgehead atoms. The normalized spacial score (nSPS) is 51.0. The Morgan fingerprint density at radius 2 is 1.91 bits per heavy atom. The Balaban J connectivity index is 1.26. The van der Waals surface area contributed by atoms with Crippen LogP contribution in [0.25, 0.3) is 0 Å². The lowest BCUT2D eigenvalue weighted by molar-refractivity contribution is -0.138. The summed E-state index contributed by atoms with van der Waals surface area (Å²) in [5, 5.41) is 24.0. The van der Waals surface area contributed by atoms with Gasteiger partial charge in [0.05, 0.1) is 23.9 Å². The third-order valence-electron chi connectivity index (χ3n) is 11.0. The lowest BCUT2D eigenvalue weighted by Gasteiger charge is -2.58. The van der Waals surface area contributed by atoms with Gasteiger partial charge >= 0.3 is 0 Å². The first-order valence-electron chi connectivity index (χ1n) is 12.8. The average molecular weight is 436 g/mol. The van der Waals surface area contributed by atoms with Crippen molar-refractivity contribution in [3.63, 3.8) is 0 Å². The summed E-state index contributed by atoms with van der Waals surface area (Å²) in [5.74, 6) is 4.67. The van der Waals surface area contributed by atoms with E-state index in [1.807, 2.05) is 6.92 Å². The van der Waals surface area contributed by atoms with Gasteiger partial charge in [-0.15, -0.1) is 0 Å². The Kier molecular flexibility index (Phi) is 4.37. The van der Waals surface area contributed by atoms with E-state index in [-0.39, 0.29) is 11.3 Å². The van der Waals surface area contributed by atoms with Crippen molar-refractivity contribution in [1.29, 1.82) is 5.26 Å². The Hall–Kier alpha value is -1.67. The Labute approximate surface area is 191 Å². The molecule has 0 amide bonds. The minimum absolute atomic E-state index is 0.105.